The third-order valence-corrected chi connectivity index (χ3v) is 8.28. The molecule has 1 saturated heterocycles. The second-order valence-corrected chi connectivity index (χ2v) is 10.8. The summed E-state index contributed by atoms with van der Waals surface area (Å²) < 4.78 is 22.0. The predicted molar refractivity (Wildman–Crippen MR) is 155 cm³/mol. The highest BCUT2D eigenvalue weighted by Gasteiger charge is 2.37. The molecule has 1 fully saturated rings. The van der Waals surface area contributed by atoms with Crippen LogP contribution in [-0.4, -0.2) is 72.9 Å². The summed E-state index contributed by atoms with van der Waals surface area (Å²) in [4.78, 5) is 53.4. The Kier molecular flexibility index (Phi) is 9.63. The number of hydrogen-bond acceptors (Lipinski definition) is 10. The molecular weight excluding hydrogens is 569 g/mol. The van der Waals surface area contributed by atoms with Gasteiger partial charge in [0.2, 0.25) is 5.91 Å². The number of ether oxygens (including phenoxy) is 1. The van der Waals surface area contributed by atoms with Crippen LogP contribution in [0.5, 0.6) is 5.75 Å². The molecule has 1 aromatic carbocycles. The molecule has 5 rings (SSSR count). The Morgan fingerprint density at radius 3 is 2.50 bits per heavy atom. The number of aryl methyl sites for hydroxylation is 3. The van der Waals surface area contributed by atoms with E-state index in [9.17, 15) is 18.8 Å². The highest BCUT2D eigenvalue weighted by molar-refractivity contribution is 7.21. The first-order valence-corrected chi connectivity index (χ1v) is 14.1. The Balaban J connectivity index is 0.000000748. The molecule has 1 N–H and O–H groups in total. The van der Waals surface area contributed by atoms with Crippen LogP contribution in [0.4, 0.5) is 4.39 Å². The SMILES string of the molecule is COc1ccc(F)cc1CCn1c(=O)n(C2CCN(C(C)C)C2=O)c(=O)c2c(C)c(-n3nccn3)sc21.O=NCCO. The van der Waals surface area contributed by atoms with Crippen LogP contribution in [0.3, 0.4) is 0 Å². The molecule has 1 aliphatic heterocycles. The van der Waals surface area contributed by atoms with Gasteiger partial charge < -0.3 is 14.7 Å². The molecule has 0 aliphatic carbocycles. The molecular formula is C27H32FN7O6S. The van der Waals surface area contributed by atoms with Gasteiger partial charge in [-0.05, 0) is 57.4 Å². The van der Waals surface area contributed by atoms with Crippen LogP contribution >= 0.6 is 11.3 Å². The van der Waals surface area contributed by atoms with Crippen molar-refractivity contribution in [3.63, 3.8) is 0 Å². The molecule has 3 aromatic heterocycles. The highest BCUT2D eigenvalue weighted by Crippen LogP contribution is 2.32. The summed E-state index contributed by atoms with van der Waals surface area (Å²) in [6.07, 6.45) is 3.70. The zero-order valence-corrected chi connectivity index (χ0v) is 24.5. The number of carbonyl (C=O) groups is 1. The molecule has 13 nitrogen and oxygen atoms in total. The molecule has 1 amide bonds. The molecule has 42 heavy (non-hydrogen) atoms. The molecule has 1 unspecified atom stereocenters. The maximum absolute atomic E-state index is 14.0. The van der Waals surface area contributed by atoms with Crippen molar-refractivity contribution in [2.45, 2.75) is 52.2 Å². The number of benzene rings is 1. The van der Waals surface area contributed by atoms with Gasteiger partial charge in [-0.15, -0.1) is 4.80 Å². The van der Waals surface area contributed by atoms with Crippen molar-refractivity contribution in [1.82, 2.24) is 29.0 Å². The number of aliphatic hydroxyl groups is 1. The van der Waals surface area contributed by atoms with Crippen LogP contribution in [0, 0.1) is 17.6 Å². The summed E-state index contributed by atoms with van der Waals surface area (Å²) in [6, 6.07) is 3.30. The van der Waals surface area contributed by atoms with Crippen molar-refractivity contribution in [3.05, 3.63) is 73.3 Å². The summed E-state index contributed by atoms with van der Waals surface area (Å²) in [7, 11) is 1.50. The molecule has 1 atom stereocenters. The first-order valence-electron chi connectivity index (χ1n) is 13.3. The minimum Gasteiger partial charge on any atom is -0.496 e. The van der Waals surface area contributed by atoms with E-state index in [0.717, 1.165) is 4.57 Å². The smallest absolute Gasteiger partial charge is 0.332 e. The number of aromatic nitrogens is 5. The molecule has 15 heteroatoms. The fraction of sp³-hybridized carbons (Fsp3) is 0.444. The number of nitroso groups, excluding NO2 is 1. The lowest BCUT2D eigenvalue weighted by molar-refractivity contribution is -0.131. The number of methoxy groups -OCH3 is 1. The van der Waals surface area contributed by atoms with E-state index in [1.54, 1.807) is 17.9 Å². The maximum Gasteiger partial charge on any atom is 0.332 e. The summed E-state index contributed by atoms with van der Waals surface area (Å²) in [5.41, 5.74) is 0.136. The van der Waals surface area contributed by atoms with Gasteiger partial charge in [-0.25, -0.2) is 13.8 Å². The van der Waals surface area contributed by atoms with Crippen LogP contribution in [0.1, 0.15) is 37.4 Å². The largest absolute Gasteiger partial charge is 0.496 e. The molecule has 0 radical (unpaired) electrons. The van der Waals surface area contributed by atoms with Gasteiger partial charge in [0.1, 0.15) is 34.0 Å². The molecule has 0 saturated carbocycles. The van der Waals surface area contributed by atoms with Crippen LogP contribution in [0.2, 0.25) is 0 Å². The lowest BCUT2D eigenvalue weighted by atomic mass is 10.1. The Bertz CT molecular complexity index is 1700. The number of thiophene rings is 1. The average molecular weight is 602 g/mol. The summed E-state index contributed by atoms with van der Waals surface area (Å²) in [6.45, 7) is 6.09. The fourth-order valence-electron chi connectivity index (χ4n) is 4.99. The van der Waals surface area contributed by atoms with Gasteiger partial charge in [-0.2, -0.15) is 15.1 Å². The van der Waals surface area contributed by atoms with Gasteiger partial charge in [0.25, 0.3) is 5.56 Å². The van der Waals surface area contributed by atoms with E-state index in [0.29, 0.717) is 45.1 Å². The predicted octanol–water partition coefficient (Wildman–Crippen LogP) is 2.43. The first kappa shape index (κ1) is 30.7. The van der Waals surface area contributed by atoms with Crippen molar-refractivity contribution in [2.24, 2.45) is 5.18 Å². The standard InChI is InChI=1S/C25H27FN6O4S.C2H5NO2/c1-14(2)29-12-8-18(21(29)33)31-22(34)20-15(3)23(32-27-9-10-28-32)37-24(20)30(25(31)35)11-7-16-13-17(26)5-6-19(16)36-4;4-2-1-3-5/h5-6,9-10,13-14,18H,7-8,11-12H2,1-4H3;4H,1-2H2. The Hall–Kier alpha value is -4.24. The summed E-state index contributed by atoms with van der Waals surface area (Å²) in [5, 5.41) is 19.5. The number of carbonyl (C=O) groups excluding carboxylic acids is 1. The van der Waals surface area contributed by atoms with Gasteiger partial charge in [0.15, 0.2) is 0 Å². The quantitative estimate of drug-likeness (QED) is 0.287. The molecule has 0 bridgehead atoms. The molecule has 4 heterocycles. The van der Waals surface area contributed by atoms with E-state index in [-0.39, 0.29) is 38.1 Å². The summed E-state index contributed by atoms with van der Waals surface area (Å²) in [5.74, 6) is -0.155. The number of rotatable bonds is 9. The van der Waals surface area contributed by atoms with Gasteiger partial charge >= 0.3 is 5.69 Å². The van der Waals surface area contributed by atoms with E-state index < -0.39 is 23.1 Å². The normalized spacial score (nSPS) is 14.9. The van der Waals surface area contributed by atoms with Crippen LogP contribution in [0.25, 0.3) is 15.2 Å². The third-order valence-electron chi connectivity index (χ3n) is 7.00. The molecule has 4 aromatic rings. The van der Waals surface area contributed by atoms with Crippen molar-refractivity contribution in [2.75, 3.05) is 26.8 Å². The van der Waals surface area contributed by atoms with Gasteiger partial charge in [0, 0.05) is 24.7 Å². The number of aliphatic hydroxyl groups excluding tert-OH is 1. The Labute approximate surface area is 243 Å². The van der Waals surface area contributed by atoms with Gasteiger partial charge in [-0.1, -0.05) is 16.5 Å². The molecule has 1 aliphatic rings. The van der Waals surface area contributed by atoms with Crippen molar-refractivity contribution in [3.8, 4) is 10.8 Å². The Morgan fingerprint density at radius 1 is 1.21 bits per heavy atom. The van der Waals surface area contributed by atoms with Crippen LogP contribution in [0.15, 0.2) is 45.4 Å². The number of likely N-dealkylation sites (tertiary alicyclic amines) is 1. The number of fused-ring (bicyclic) bond motifs is 1. The zero-order chi connectivity index (χ0) is 30.6. The first-order chi connectivity index (χ1) is 20.1. The van der Waals surface area contributed by atoms with E-state index in [1.807, 2.05) is 13.8 Å². The minimum absolute atomic E-state index is 0.0139. The van der Waals surface area contributed by atoms with Crippen LogP contribution in [-0.2, 0) is 17.8 Å². The van der Waals surface area contributed by atoms with Gasteiger partial charge in [-0.3, -0.25) is 14.2 Å². The number of hydrogen-bond donors (Lipinski definition) is 1. The third kappa shape index (κ3) is 5.87. The van der Waals surface area contributed by atoms with E-state index in [2.05, 4.69) is 15.4 Å². The molecule has 0 spiro atoms. The van der Waals surface area contributed by atoms with Crippen molar-refractivity contribution < 1.29 is 19.0 Å². The topological polar surface area (TPSA) is 154 Å². The van der Waals surface area contributed by atoms with E-state index >= 15 is 0 Å². The minimum atomic E-state index is -0.882. The second-order valence-electron chi connectivity index (χ2n) is 9.85. The number of nitrogens with zero attached hydrogens (tertiary/aromatic N) is 7. The van der Waals surface area contributed by atoms with E-state index in [1.165, 1.54) is 52.3 Å². The number of halogens is 1. The van der Waals surface area contributed by atoms with E-state index in [4.69, 9.17) is 14.8 Å². The maximum atomic E-state index is 14.0. The van der Waals surface area contributed by atoms with Crippen LogP contribution < -0.4 is 16.0 Å². The average Bonchev–Trinajstić information content (AvgIpc) is 3.69. The zero-order valence-electron chi connectivity index (χ0n) is 23.7. The molecule has 224 valence electrons. The van der Waals surface area contributed by atoms with Gasteiger partial charge in [0.05, 0.1) is 31.5 Å². The fourth-order valence-corrected chi connectivity index (χ4v) is 6.23. The Morgan fingerprint density at radius 2 is 1.93 bits per heavy atom. The lowest BCUT2D eigenvalue weighted by Crippen LogP contribution is -2.45. The second kappa shape index (κ2) is 13.2. The summed E-state index contributed by atoms with van der Waals surface area (Å²) >= 11 is 1.23. The number of amides is 1. The monoisotopic (exact) mass is 601 g/mol. The highest BCUT2D eigenvalue weighted by atomic mass is 32.1. The lowest BCUT2D eigenvalue weighted by Gasteiger charge is -2.21. The van der Waals surface area contributed by atoms with Crippen molar-refractivity contribution >= 4 is 27.5 Å². The van der Waals surface area contributed by atoms with Crippen molar-refractivity contribution in [1.29, 1.82) is 0 Å².